The second-order valence-corrected chi connectivity index (χ2v) is 7.57. The van der Waals surface area contributed by atoms with Crippen LogP contribution in [0.3, 0.4) is 0 Å². The van der Waals surface area contributed by atoms with Gasteiger partial charge in [0.25, 0.3) is 0 Å². The fraction of sp³-hybridized carbons (Fsp3) is 0.476. The number of hydrogen-bond acceptors (Lipinski definition) is 4. The first kappa shape index (κ1) is 15.8. The zero-order valence-corrected chi connectivity index (χ0v) is 15.1. The van der Waals surface area contributed by atoms with Crippen LogP contribution in [-0.2, 0) is 13.0 Å². The van der Waals surface area contributed by atoms with Gasteiger partial charge in [0.15, 0.2) is 0 Å². The predicted octanol–water partition coefficient (Wildman–Crippen LogP) is 3.94. The van der Waals surface area contributed by atoms with E-state index in [1.807, 2.05) is 6.20 Å². The molecule has 4 heterocycles. The number of rotatable bonds is 2. The lowest BCUT2D eigenvalue weighted by Gasteiger charge is -2.34. The summed E-state index contributed by atoms with van der Waals surface area (Å²) in [6, 6.07) is 10.6. The highest BCUT2D eigenvalue weighted by Crippen LogP contribution is 2.33. The molecule has 5 nitrogen and oxygen atoms in total. The molecule has 1 fully saturated rings. The van der Waals surface area contributed by atoms with Crippen LogP contribution in [0.5, 0.6) is 0 Å². The van der Waals surface area contributed by atoms with Crippen molar-refractivity contribution in [3.63, 3.8) is 0 Å². The number of aryl methyl sites for hydroxylation is 1. The van der Waals surface area contributed by atoms with E-state index in [1.54, 1.807) is 0 Å². The fourth-order valence-corrected chi connectivity index (χ4v) is 4.57. The Morgan fingerprint density at radius 3 is 2.88 bits per heavy atom. The summed E-state index contributed by atoms with van der Waals surface area (Å²) in [4.78, 5) is 7.04. The third-order valence-electron chi connectivity index (χ3n) is 5.89. The first-order valence-electron chi connectivity index (χ1n) is 9.91. The van der Waals surface area contributed by atoms with Crippen molar-refractivity contribution >= 4 is 16.6 Å². The van der Waals surface area contributed by atoms with Gasteiger partial charge in [0.1, 0.15) is 11.6 Å². The number of nitrogens with zero attached hydrogens (tertiary/aromatic N) is 5. The Balaban J connectivity index is 1.46. The van der Waals surface area contributed by atoms with E-state index in [0.29, 0.717) is 5.92 Å². The summed E-state index contributed by atoms with van der Waals surface area (Å²) < 4.78 is 2.42. The average molecular weight is 347 g/mol. The second-order valence-electron chi connectivity index (χ2n) is 7.57. The topological polar surface area (TPSA) is 46.8 Å². The van der Waals surface area contributed by atoms with Gasteiger partial charge in [0, 0.05) is 49.2 Å². The number of pyridine rings is 1. The molecule has 1 saturated heterocycles. The van der Waals surface area contributed by atoms with Crippen molar-refractivity contribution in [1.82, 2.24) is 19.7 Å². The van der Waals surface area contributed by atoms with Gasteiger partial charge in [-0.1, -0.05) is 24.6 Å². The summed E-state index contributed by atoms with van der Waals surface area (Å²) >= 11 is 0. The van der Waals surface area contributed by atoms with Crippen molar-refractivity contribution in [2.24, 2.45) is 0 Å². The zero-order chi connectivity index (χ0) is 17.3. The summed E-state index contributed by atoms with van der Waals surface area (Å²) in [6.07, 6.45) is 9.23. The van der Waals surface area contributed by atoms with Gasteiger partial charge >= 0.3 is 0 Å². The molecule has 5 rings (SSSR count). The quantitative estimate of drug-likeness (QED) is 0.704. The summed E-state index contributed by atoms with van der Waals surface area (Å²) in [7, 11) is 0. The molecule has 0 aliphatic carbocycles. The Morgan fingerprint density at radius 2 is 1.88 bits per heavy atom. The molecule has 0 N–H and O–H groups in total. The number of para-hydroxylation sites is 1. The SMILES string of the molecule is c1ccc2c(N3CCC[C@@H](c4nnc5n4CCCCC5)C3)ccnc2c1. The maximum absolute atomic E-state index is 4.63. The molecule has 1 aromatic carbocycles. The maximum atomic E-state index is 4.63. The number of hydrogen-bond donors (Lipinski definition) is 0. The minimum absolute atomic E-state index is 0.468. The molecule has 3 aromatic rings. The minimum atomic E-state index is 0.468. The third kappa shape index (κ3) is 2.75. The van der Waals surface area contributed by atoms with Crippen LogP contribution in [0.4, 0.5) is 5.69 Å². The van der Waals surface area contributed by atoms with Crippen LogP contribution in [0.25, 0.3) is 10.9 Å². The van der Waals surface area contributed by atoms with Crippen molar-refractivity contribution in [3.8, 4) is 0 Å². The summed E-state index contributed by atoms with van der Waals surface area (Å²) in [6.45, 7) is 3.21. The normalized spacial score (nSPS) is 20.8. The Labute approximate surface area is 154 Å². The van der Waals surface area contributed by atoms with E-state index >= 15 is 0 Å². The molecule has 5 heteroatoms. The zero-order valence-electron chi connectivity index (χ0n) is 15.1. The lowest BCUT2D eigenvalue weighted by Crippen LogP contribution is -2.35. The number of anilines is 1. The Bertz CT molecular complexity index is 910. The number of benzene rings is 1. The van der Waals surface area contributed by atoms with Gasteiger partial charge in [-0.05, 0) is 37.8 Å². The van der Waals surface area contributed by atoms with Crippen LogP contribution in [0.15, 0.2) is 36.5 Å². The molecule has 0 radical (unpaired) electrons. The van der Waals surface area contributed by atoms with Gasteiger partial charge in [-0.2, -0.15) is 0 Å². The molecule has 2 aliphatic heterocycles. The van der Waals surface area contributed by atoms with Gasteiger partial charge in [0.05, 0.1) is 5.52 Å². The van der Waals surface area contributed by atoms with E-state index in [9.17, 15) is 0 Å². The van der Waals surface area contributed by atoms with Gasteiger partial charge < -0.3 is 9.47 Å². The second kappa shape index (κ2) is 6.71. The molecular formula is C21H25N5. The van der Waals surface area contributed by atoms with Crippen molar-refractivity contribution in [3.05, 3.63) is 48.2 Å². The molecule has 0 amide bonds. The first-order chi connectivity index (χ1) is 12.9. The Hall–Kier alpha value is -2.43. The van der Waals surface area contributed by atoms with Crippen LogP contribution < -0.4 is 4.90 Å². The fourth-order valence-electron chi connectivity index (χ4n) is 4.57. The Kier molecular flexibility index (Phi) is 4.07. The molecule has 0 spiro atoms. The van der Waals surface area contributed by atoms with Crippen molar-refractivity contribution in [1.29, 1.82) is 0 Å². The maximum Gasteiger partial charge on any atom is 0.137 e. The number of piperidine rings is 1. The summed E-state index contributed by atoms with van der Waals surface area (Å²) in [5.74, 6) is 2.88. The van der Waals surface area contributed by atoms with Crippen molar-refractivity contribution in [2.75, 3.05) is 18.0 Å². The van der Waals surface area contributed by atoms with Crippen LogP contribution in [0.1, 0.15) is 49.7 Å². The van der Waals surface area contributed by atoms with Gasteiger partial charge in [0.2, 0.25) is 0 Å². The molecule has 2 aromatic heterocycles. The van der Waals surface area contributed by atoms with Crippen LogP contribution in [0.2, 0.25) is 0 Å². The minimum Gasteiger partial charge on any atom is -0.370 e. The van der Waals surface area contributed by atoms with Crippen LogP contribution in [0, 0.1) is 0 Å². The third-order valence-corrected chi connectivity index (χ3v) is 5.89. The van der Waals surface area contributed by atoms with E-state index in [2.05, 4.69) is 55.0 Å². The highest BCUT2D eigenvalue weighted by atomic mass is 15.3. The van der Waals surface area contributed by atoms with Crippen LogP contribution in [-0.4, -0.2) is 32.8 Å². The molecule has 2 aliphatic rings. The van der Waals surface area contributed by atoms with E-state index < -0.39 is 0 Å². The molecule has 26 heavy (non-hydrogen) atoms. The Morgan fingerprint density at radius 1 is 0.923 bits per heavy atom. The van der Waals surface area contributed by atoms with Crippen LogP contribution >= 0.6 is 0 Å². The molecule has 0 bridgehead atoms. The monoisotopic (exact) mass is 347 g/mol. The first-order valence-corrected chi connectivity index (χ1v) is 9.91. The average Bonchev–Trinajstić information content (AvgIpc) is 2.96. The van der Waals surface area contributed by atoms with Gasteiger partial charge in [-0.3, -0.25) is 4.98 Å². The smallest absolute Gasteiger partial charge is 0.137 e. The van der Waals surface area contributed by atoms with Crippen molar-refractivity contribution < 1.29 is 0 Å². The van der Waals surface area contributed by atoms with E-state index in [1.165, 1.54) is 54.8 Å². The molecule has 134 valence electrons. The predicted molar refractivity (Wildman–Crippen MR) is 104 cm³/mol. The lowest BCUT2D eigenvalue weighted by molar-refractivity contribution is 0.466. The highest BCUT2D eigenvalue weighted by molar-refractivity contribution is 5.91. The van der Waals surface area contributed by atoms with E-state index in [-0.39, 0.29) is 0 Å². The number of fused-ring (bicyclic) bond motifs is 2. The summed E-state index contributed by atoms with van der Waals surface area (Å²) in [5, 5.41) is 10.4. The molecular weight excluding hydrogens is 322 g/mol. The largest absolute Gasteiger partial charge is 0.370 e. The standard InChI is InChI=1S/C21H25N5/c1-2-10-20-23-24-21(26(20)14-5-1)16-7-6-13-25(15-16)19-11-12-22-18-9-4-3-8-17(18)19/h3-4,8-9,11-12,16H,1-2,5-7,10,13-15H2/t16-/m1/s1. The highest BCUT2D eigenvalue weighted by Gasteiger charge is 2.28. The lowest BCUT2D eigenvalue weighted by atomic mass is 9.96. The molecule has 0 saturated carbocycles. The summed E-state index contributed by atoms with van der Waals surface area (Å²) in [5.41, 5.74) is 2.37. The van der Waals surface area contributed by atoms with E-state index in [4.69, 9.17) is 0 Å². The number of aromatic nitrogens is 4. The van der Waals surface area contributed by atoms with Crippen molar-refractivity contribution in [2.45, 2.75) is 51.0 Å². The van der Waals surface area contributed by atoms with Gasteiger partial charge in [-0.15, -0.1) is 10.2 Å². The molecule has 0 unspecified atom stereocenters. The van der Waals surface area contributed by atoms with Gasteiger partial charge in [-0.25, -0.2) is 0 Å². The molecule has 1 atom stereocenters. The van der Waals surface area contributed by atoms with E-state index in [0.717, 1.165) is 31.6 Å².